The second kappa shape index (κ2) is 5.69. The lowest BCUT2D eigenvalue weighted by Gasteiger charge is -2.36. The van der Waals surface area contributed by atoms with Crippen molar-refractivity contribution in [3.05, 3.63) is 0 Å². The van der Waals surface area contributed by atoms with Crippen LogP contribution in [0.1, 0.15) is 39.0 Å². The molecule has 0 aliphatic carbocycles. The van der Waals surface area contributed by atoms with Crippen LogP contribution in [0.5, 0.6) is 0 Å². The third-order valence-corrected chi connectivity index (χ3v) is 3.97. The predicted octanol–water partition coefficient (Wildman–Crippen LogP) is 0.241. The Morgan fingerprint density at radius 1 is 1.61 bits per heavy atom. The minimum absolute atomic E-state index is 0.0242. The number of nitrogens with one attached hydrogen (secondary N) is 1. The fourth-order valence-electron chi connectivity index (χ4n) is 2.98. The number of nitrogens with zero attached hydrogens (tertiary/aromatic N) is 1. The summed E-state index contributed by atoms with van der Waals surface area (Å²) in [5.74, 6) is 0.325. The molecule has 0 aromatic heterocycles. The lowest BCUT2D eigenvalue weighted by atomic mass is 9.91. The molecular weight excluding hydrogens is 230 g/mol. The van der Waals surface area contributed by atoms with Crippen molar-refractivity contribution in [3.8, 4) is 0 Å². The van der Waals surface area contributed by atoms with Crippen molar-refractivity contribution in [3.63, 3.8) is 0 Å². The van der Waals surface area contributed by atoms with E-state index in [-0.39, 0.29) is 29.8 Å². The van der Waals surface area contributed by atoms with Gasteiger partial charge >= 0.3 is 0 Å². The van der Waals surface area contributed by atoms with E-state index < -0.39 is 0 Å². The van der Waals surface area contributed by atoms with Gasteiger partial charge in [0.05, 0.1) is 12.0 Å². The standard InChI is InChI=1S/C13H23N3O2/c1-9(14)4-2-6-12(17)16-7-3-5-10-11(16)8-15-13(10)18/h9-11H,2-8,14H2,1H3,(H,15,18). The Morgan fingerprint density at radius 3 is 3.11 bits per heavy atom. The minimum atomic E-state index is 0.0242. The Kier molecular flexibility index (Phi) is 4.22. The number of hydrogen-bond acceptors (Lipinski definition) is 3. The van der Waals surface area contributed by atoms with E-state index in [1.807, 2.05) is 11.8 Å². The van der Waals surface area contributed by atoms with Gasteiger partial charge < -0.3 is 16.0 Å². The summed E-state index contributed by atoms with van der Waals surface area (Å²) < 4.78 is 0. The summed E-state index contributed by atoms with van der Waals surface area (Å²) in [5, 5.41) is 2.87. The van der Waals surface area contributed by atoms with Gasteiger partial charge in [0.2, 0.25) is 11.8 Å². The summed E-state index contributed by atoms with van der Waals surface area (Å²) in [6, 6.07) is 0.246. The number of rotatable bonds is 4. The van der Waals surface area contributed by atoms with Crippen molar-refractivity contribution in [2.24, 2.45) is 11.7 Å². The second-order valence-electron chi connectivity index (χ2n) is 5.52. The molecule has 0 bridgehead atoms. The number of likely N-dealkylation sites (tertiary alicyclic amines) is 1. The van der Waals surface area contributed by atoms with E-state index in [1.165, 1.54) is 0 Å². The monoisotopic (exact) mass is 253 g/mol. The summed E-state index contributed by atoms with van der Waals surface area (Å²) in [5.41, 5.74) is 5.68. The first-order valence-corrected chi connectivity index (χ1v) is 6.92. The number of piperidine rings is 1. The first kappa shape index (κ1) is 13.3. The zero-order valence-corrected chi connectivity index (χ0v) is 11.0. The average Bonchev–Trinajstić information content (AvgIpc) is 2.71. The van der Waals surface area contributed by atoms with E-state index in [0.717, 1.165) is 32.2 Å². The molecule has 2 saturated heterocycles. The van der Waals surface area contributed by atoms with Crippen molar-refractivity contribution >= 4 is 11.8 Å². The molecule has 18 heavy (non-hydrogen) atoms. The van der Waals surface area contributed by atoms with E-state index in [4.69, 9.17) is 5.73 Å². The molecule has 5 nitrogen and oxygen atoms in total. The summed E-state index contributed by atoms with van der Waals surface area (Å²) in [6.45, 7) is 3.39. The zero-order chi connectivity index (χ0) is 13.1. The fourth-order valence-corrected chi connectivity index (χ4v) is 2.98. The molecule has 2 fully saturated rings. The van der Waals surface area contributed by atoms with Gasteiger partial charge in [-0.05, 0) is 32.6 Å². The van der Waals surface area contributed by atoms with Gasteiger partial charge in [-0.2, -0.15) is 0 Å². The van der Waals surface area contributed by atoms with Crippen LogP contribution >= 0.6 is 0 Å². The molecule has 0 aromatic carbocycles. The highest BCUT2D eigenvalue weighted by atomic mass is 16.2. The van der Waals surface area contributed by atoms with Crippen LogP contribution in [0.2, 0.25) is 0 Å². The third kappa shape index (κ3) is 2.83. The molecule has 2 aliphatic rings. The minimum Gasteiger partial charge on any atom is -0.354 e. The maximum Gasteiger partial charge on any atom is 0.225 e. The largest absolute Gasteiger partial charge is 0.354 e. The molecule has 3 N–H and O–H groups in total. The number of hydrogen-bond donors (Lipinski definition) is 2. The van der Waals surface area contributed by atoms with Crippen LogP contribution in [0.15, 0.2) is 0 Å². The smallest absolute Gasteiger partial charge is 0.225 e. The van der Waals surface area contributed by atoms with Gasteiger partial charge in [0.25, 0.3) is 0 Å². The van der Waals surface area contributed by atoms with Gasteiger partial charge in [0, 0.05) is 25.6 Å². The van der Waals surface area contributed by atoms with E-state index in [2.05, 4.69) is 5.32 Å². The maximum atomic E-state index is 12.2. The lowest BCUT2D eigenvalue weighted by molar-refractivity contribution is -0.136. The molecule has 2 aliphatic heterocycles. The first-order valence-electron chi connectivity index (χ1n) is 6.92. The van der Waals surface area contributed by atoms with E-state index in [9.17, 15) is 9.59 Å². The predicted molar refractivity (Wildman–Crippen MR) is 68.7 cm³/mol. The van der Waals surface area contributed by atoms with Gasteiger partial charge in [-0.1, -0.05) is 0 Å². The van der Waals surface area contributed by atoms with Crippen LogP contribution in [0.3, 0.4) is 0 Å². The molecule has 0 radical (unpaired) electrons. The molecule has 5 heteroatoms. The first-order chi connectivity index (χ1) is 8.59. The highest BCUT2D eigenvalue weighted by Gasteiger charge is 2.42. The van der Waals surface area contributed by atoms with Gasteiger partial charge in [-0.25, -0.2) is 0 Å². The number of amides is 2. The molecule has 3 unspecified atom stereocenters. The summed E-state index contributed by atoms with van der Waals surface area (Å²) >= 11 is 0. The number of nitrogens with two attached hydrogens (primary N) is 1. The molecule has 2 amide bonds. The van der Waals surface area contributed by atoms with Crippen LogP contribution in [0.25, 0.3) is 0 Å². The number of carbonyl (C=O) groups is 2. The van der Waals surface area contributed by atoms with E-state index >= 15 is 0 Å². The van der Waals surface area contributed by atoms with Crippen LogP contribution in [-0.4, -0.2) is 41.9 Å². The molecule has 0 aromatic rings. The van der Waals surface area contributed by atoms with Crippen molar-refractivity contribution in [1.82, 2.24) is 10.2 Å². The van der Waals surface area contributed by atoms with Crippen molar-refractivity contribution in [2.45, 2.75) is 51.1 Å². The molecule has 3 atom stereocenters. The Morgan fingerprint density at radius 2 is 2.39 bits per heavy atom. The summed E-state index contributed by atoms with van der Waals surface area (Å²) in [7, 11) is 0. The van der Waals surface area contributed by atoms with Crippen LogP contribution in [0.4, 0.5) is 0 Å². The van der Waals surface area contributed by atoms with Gasteiger partial charge in [0.15, 0.2) is 0 Å². The highest BCUT2D eigenvalue weighted by molar-refractivity contribution is 5.84. The second-order valence-corrected chi connectivity index (χ2v) is 5.52. The molecule has 0 spiro atoms. The van der Waals surface area contributed by atoms with Gasteiger partial charge in [-0.15, -0.1) is 0 Å². The fraction of sp³-hybridized carbons (Fsp3) is 0.846. The van der Waals surface area contributed by atoms with E-state index in [1.54, 1.807) is 0 Å². The van der Waals surface area contributed by atoms with E-state index in [0.29, 0.717) is 13.0 Å². The number of carbonyl (C=O) groups excluding carboxylic acids is 2. The summed E-state index contributed by atoms with van der Waals surface area (Å²) in [6.07, 6.45) is 4.13. The molecule has 2 rings (SSSR count). The Labute approximate surface area is 108 Å². The Bertz CT molecular complexity index is 330. The highest BCUT2D eigenvalue weighted by Crippen LogP contribution is 2.28. The van der Waals surface area contributed by atoms with Crippen molar-refractivity contribution < 1.29 is 9.59 Å². The number of fused-ring (bicyclic) bond motifs is 1. The molecular formula is C13H23N3O2. The Hall–Kier alpha value is -1.10. The Balaban J connectivity index is 1.87. The zero-order valence-electron chi connectivity index (χ0n) is 11.0. The van der Waals surface area contributed by atoms with Gasteiger partial charge in [-0.3, -0.25) is 9.59 Å². The van der Waals surface area contributed by atoms with Crippen LogP contribution in [-0.2, 0) is 9.59 Å². The molecule has 2 heterocycles. The quantitative estimate of drug-likeness (QED) is 0.753. The van der Waals surface area contributed by atoms with Crippen molar-refractivity contribution in [1.29, 1.82) is 0 Å². The van der Waals surface area contributed by atoms with Crippen LogP contribution < -0.4 is 11.1 Å². The van der Waals surface area contributed by atoms with Gasteiger partial charge in [0.1, 0.15) is 0 Å². The van der Waals surface area contributed by atoms with Crippen LogP contribution in [0, 0.1) is 5.92 Å². The molecule has 102 valence electrons. The lowest BCUT2D eigenvalue weighted by Crippen LogP contribution is -2.48. The average molecular weight is 253 g/mol. The molecule has 0 saturated carbocycles. The normalized spacial score (nSPS) is 28.8. The third-order valence-electron chi connectivity index (χ3n) is 3.97. The summed E-state index contributed by atoms with van der Waals surface area (Å²) in [4.78, 5) is 25.7. The maximum absolute atomic E-state index is 12.2. The topological polar surface area (TPSA) is 75.4 Å². The van der Waals surface area contributed by atoms with Crippen molar-refractivity contribution in [2.75, 3.05) is 13.1 Å². The SMILES string of the molecule is CC(N)CCCC(=O)N1CCCC2C(=O)NCC21.